The topological polar surface area (TPSA) is 50.8 Å². The van der Waals surface area contributed by atoms with Crippen LogP contribution in [0.3, 0.4) is 0 Å². The Kier molecular flexibility index (Phi) is 25.4. The van der Waals surface area contributed by atoms with Crippen LogP contribution in [0.4, 0.5) is 0 Å². The molecular formula is C30H65N2O3P. The molecule has 0 rings (SSSR count). The maximum Gasteiger partial charge on any atom is 0.405 e. The SMILES string of the molecule is CCCCCCCCC(CC)COP(=O)(NCCN(CC)CC)OCC(CC)CCCCCCCC. The number of hydrogen-bond acceptors (Lipinski definition) is 4. The Morgan fingerprint density at radius 3 is 1.44 bits per heavy atom. The fraction of sp³-hybridized carbons (Fsp3) is 1.00. The molecule has 0 aliphatic rings. The highest BCUT2D eigenvalue weighted by Gasteiger charge is 2.27. The fourth-order valence-electron chi connectivity index (χ4n) is 4.66. The van der Waals surface area contributed by atoms with Gasteiger partial charge in [-0.2, -0.15) is 0 Å². The zero-order valence-electron chi connectivity index (χ0n) is 25.3. The van der Waals surface area contributed by atoms with Crippen LogP contribution < -0.4 is 5.09 Å². The van der Waals surface area contributed by atoms with Crippen LogP contribution in [-0.4, -0.2) is 44.3 Å². The Balaban J connectivity index is 4.73. The van der Waals surface area contributed by atoms with Crippen molar-refractivity contribution in [3.05, 3.63) is 0 Å². The quantitative estimate of drug-likeness (QED) is 0.0803. The predicted octanol–water partition coefficient (Wildman–Crippen LogP) is 9.61. The third-order valence-electron chi connectivity index (χ3n) is 7.67. The summed E-state index contributed by atoms with van der Waals surface area (Å²) in [6.07, 6.45) is 20.1. The molecule has 1 N–H and O–H groups in total. The van der Waals surface area contributed by atoms with Crippen LogP contribution in [0, 0.1) is 11.8 Å². The summed E-state index contributed by atoms with van der Waals surface area (Å²) in [5.41, 5.74) is 0. The van der Waals surface area contributed by atoms with Crippen LogP contribution >= 0.6 is 7.75 Å². The minimum atomic E-state index is -3.32. The van der Waals surface area contributed by atoms with Gasteiger partial charge in [-0.15, -0.1) is 0 Å². The largest absolute Gasteiger partial charge is 0.405 e. The third-order valence-corrected chi connectivity index (χ3v) is 9.26. The summed E-state index contributed by atoms with van der Waals surface area (Å²) in [6, 6.07) is 0. The molecule has 0 aromatic rings. The van der Waals surface area contributed by atoms with Crippen molar-refractivity contribution >= 4 is 7.75 Å². The summed E-state index contributed by atoms with van der Waals surface area (Å²) in [4.78, 5) is 2.33. The van der Waals surface area contributed by atoms with Crippen LogP contribution in [0.1, 0.15) is 144 Å². The normalized spacial score (nSPS) is 15.3. The zero-order chi connectivity index (χ0) is 26.9. The molecular weight excluding hydrogens is 467 g/mol. The van der Waals surface area contributed by atoms with Crippen LogP contribution in [-0.2, 0) is 13.6 Å². The molecule has 0 bridgehead atoms. The van der Waals surface area contributed by atoms with Gasteiger partial charge in [-0.05, 0) is 37.8 Å². The molecule has 0 aliphatic carbocycles. The van der Waals surface area contributed by atoms with Gasteiger partial charge in [0.1, 0.15) is 0 Å². The van der Waals surface area contributed by atoms with E-state index < -0.39 is 7.75 Å². The van der Waals surface area contributed by atoms with Crippen molar-refractivity contribution < 1.29 is 13.6 Å². The fourth-order valence-corrected chi connectivity index (χ4v) is 6.10. The van der Waals surface area contributed by atoms with E-state index in [1.807, 2.05) is 0 Å². The summed E-state index contributed by atoms with van der Waals surface area (Å²) in [7, 11) is -3.32. The third kappa shape index (κ3) is 20.1. The van der Waals surface area contributed by atoms with E-state index in [0.717, 1.165) is 45.3 Å². The van der Waals surface area contributed by atoms with E-state index in [-0.39, 0.29) is 0 Å². The Bertz CT molecular complexity index is 471. The van der Waals surface area contributed by atoms with Gasteiger partial charge < -0.3 is 4.90 Å². The summed E-state index contributed by atoms with van der Waals surface area (Å²) in [6.45, 7) is 17.8. The highest BCUT2D eigenvalue weighted by molar-refractivity contribution is 7.51. The molecule has 0 saturated carbocycles. The lowest BCUT2D eigenvalue weighted by molar-refractivity contribution is 0.143. The molecule has 0 spiro atoms. The number of nitrogens with zero attached hydrogens (tertiary/aromatic N) is 1. The molecule has 0 aromatic carbocycles. The van der Waals surface area contributed by atoms with Gasteiger partial charge in [0, 0.05) is 13.1 Å². The lowest BCUT2D eigenvalue weighted by atomic mass is 9.99. The second-order valence-corrected chi connectivity index (χ2v) is 12.5. The number of unbranched alkanes of at least 4 members (excludes halogenated alkanes) is 10. The predicted molar refractivity (Wildman–Crippen MR) is 159 cm³/mol. The van der Waals surface area contributed by atoms with Crippen molar-refractivity contribution in [2.75, 3.05) is 39.4 Å². The summed E-state index contributed by atoms with van der Waals surface area (Å²) in [5.74, 6) is 0.894. The van der Waals surface area contributed by atoms with Crippen LogP contribution in [0.2, 0.25) is 0 Å². The van der Waals surface area contributed by atoms with E-state index in [1.54, 1.807) is 0 Å². The van der Waals surface area contributed by atoms with Crippen molar-refractivity contribution in [3.8, 4) is 0 Å². The number of rotatable bonds is 28. The van der Waals surface area contributed by atoms with Crippen LogP contribution in [0.25, 0.3) is 0 Å². The lowest BCUT2D eigenvalue weighted by Gasteiger charge is -2.26. The summed E-state index contributed by atoms with van der Waals surface area (Å²) in [5, 5.41) is 3.20. The molecule has 6 heteroatoms. The second-order valence-electron chi connectivity index (χ2n) is 10.7. The van der Waals surface area contributed by atoms with E-state index in [9.17, 15) is 4.57 Å². The maximum atomic E-state index is 13.7. The Labute approximate surface area is 226 Å². The molecule has 0 aliphatic heterocycles. The summed E-state index contributed by atoms with van der Waals surface area (Å²) >= 11 is 0. The maximum absolute atomic E-state index is 13.7. The van der Waals surface area contributed by atoms with E-state index in [0.29, 0.717) is 31.6 Å². The van der Waals surface area contributed by atoms with Gasteiger partial charge in [0.05, 0.1) is 13.2 Å². The van der Waals surface area contributed by atoms with Crippen molar-refractivity contribution in [1.29, 1.82) is 0 Å². The zero-order valence-corrected chi connectivity index (χ0v) is 26.2. The number of nitrogens with one attached hydrogen (secondary N) is 1. The minimum absolute atomic E-state index is 0.447. The molecule has 0 radical (unpaired) electrons. The second kappa shape index (κ2) is 25.4. The Hall–Kier alpha value is 0.0700. The van der Waals surface area contributed by atoms with Crippen molar-refractivity contribution in [3.63, 3.8) is 0 Å². The minimum Gasteiger partial charge on any atom is -0.303 e. The van der Waals surface area contributed by atoms with Crippen LogP contribution in [0.5, 0.6) is 0 Å². The van der Waals surface area contributed by atoms with Gasteiger partial charge in [-0.3, -0.25) is 9.05 Å². The van der Waals surface area contributed by atoms with E-state index in [2.05, 4.69) is 51.5 Å². The number of likely N-dealkylation sites (N-methyl/N-ethyl adjacent to an activating group) is 1. The van der Waals surface area contributed by atoms with Gasteiger partial charge in [0.15, 0.2) is 0 Å². The molecule has 0 heterocycles. The molecule has 36 heavy (non-hydrogen) atoms. The first-order valence-electron chi connectivity index (χ1n) is 15.8. The highest BCUT2D eigenvalue weighted by Crippen LogP contribution is 2.45. The van der Waals surface area contributed by atoms with Gasteiger partial charge in [0.2, 0.25) is 0 Å². The van der Waals surface area contributed by atoms with E-state index in [4.69, 9.17) is 9.05 Å². The standard InChI is InChI=1S/C30H65N2O3P/c1-7-13-15-17-19-21-23-29(9-3)27-34-36(33,31-25-26-32(11-5)12-6)35-28-30(10-4)24-22-20-18-16-14-8-2/h29-30H,7-28H2,1-6H3,(H,31,33). The van der Waals surface area contributed by atoms with Crippen molar-refractivity contribution in [2.24, 2.45) is 11.8 Å². The Morgan fingerprint density at radius 1 is 0.639 bits per heavy atom. The molecule has 0 saturated heterocycles. The molecule has 5 nitrogen and oxygen atoms in total. The van der Waals surface area contributed by atoms with Crippen LogP contribution in [0.15, 0.2) is 0 Å². The average molecular weight is 533 g/mol. The molecule has 0 amide bonds. The summed E-state index contributed by atoms with van der Waals surface area (Å²) < 4.78 is 25.9. The van der Waals surface area contributed by atoms with Gasteiger partial charge in [-0.1, -0.05) is 131 Å². The smallest absolute Gasteiger partial charge is 0.303 e. The first kappa shape index (κ1) is 36.1. The van der Waals surface area contributed by atoms with Crippen molar-refractivity contribution in [2.45, 2.75) is 144 Å². The highest BCUT2D eigenvalue weighted by atomic mass is 31.2. The molecule has 2 unspecified atom stereocenters. The average Bonchev–Trinajstić information content (AvgIpc) is 2.89. The van der Waals surface area contributed by atoms with Gasteiger partial charge in [0.25, 0.3) is 0 Å². The van der Waals surface area contributed by atoms with E-state index in [1.165, 1.54) is 77.0 Å². The Morgan fingerprint density at radius 2 is 1.06 bits per heavy atom. The lowest BCUT2D eigenvalue weighted by Crippen LogP contribution is -2.32. The van der Waals surface area contributed by atoms with Gasteiger partial charge >= 0.3 is 7.75 Å². The van der Waals surface area contributed by atoms with E-state index >= 15 is 0 Å². The molecule has 2 atom stereocenters. The monoisotopic (exact) mass is 532 g/mol. The first-order valence-corrected chi connectivity index (χ1v) is 17.4. The van der Waals surface area contributed by atoms with Gasteiger partial charge in [-0.25, -0.2) is 9.65 Å². The molecule has 218 valence electrons. The number of hydrogen-bond donors (Lipinski definition) is 1. The first-order chi connectivity index (χ1) is 17.5. The molecule has 0 aromatic heterocycles. The van der Waals surface area contributed by atoms with Crippen molar-refractivity contribution in [1.82, 2.24) is 9.99 Å². The molecule has 0 fully saturated rings.